The molecule has 0 aliphatic heterocycles. The van der Waals surface area contributed by atoms with E-state index in [0.717, 1.165) is 35.6 Å². The predicted octanol–water partition coefficient (Wildman–Crippen LogP) is 5.15. The number of hydrogen-bond acceptors (Lipinski definition) is 5. The van der Waals surface area contributed by atoms with Crippen LogP contribution < -0.4 is 14.4 Å². The largest absolute Gasteiger partial charge is 0.497 e. The molecule has 3 aromatic carbocycles. The van der Waals surface area contributed by atoms with Gasteiger partial charge < -0.3 is 15.0 Å². The average Bonchev–Trinajstić information content (AvgIpc) is 3.01. The molecule has 0 unspecified atom stereocenters. The van der Waals surface area contributed by atoms with Crippen LogP contribution in [0.4, 0.5) is 5.69 Å². The number of carbonyl (C=O) groups is 2. The second-order valence-corrected chi connectivity index (χ2v) is 12.2. The molecule has 0 bridgehead atoms. The van der Waals surface area contributed by atoms with Crippen molar-refractivity contribution in [2.75, 3.05) is 18.0 Å². The minimum Gasteiger partial charge on any atom is -0.497 e. The van der Waals surface area contributed by atoms with Crippen molar-refractivity contribution >= 4 is 27.5 Å². The predicted molar refractivity (Wildman–Crippen MR) is 160 cm³/mol. The molecule has 8 nitrogen and oxygen atoms in total. The fourth-order valence-corrected chi connectivity index (χ4v) is 6.66. The van der Waals surface area contributed by atoms with Crippen molar-refractivity contribution in [1.29, 1.82) is 0 Å². The second-order valence-electron chi connectivity index (χ2n) is 10.3. The molecule has 41 heavy (non-hydrogen) atoms. The summed E-state index contributed by atoms with van der Waals surface area (Å²) >= 11 is 0. The highest BCUT2D eigenvalue weighted by atomic mass is 32.2. The van der Waals surface area contributed by atoms with Gasteiger partial charge in [0.25, 0.3) is 10.0 Å². The molecular formula is C32H39N3O5S. The van der Waals surface area contributed by atoms with Gasteiger partial charge >= 0.3 is 0 Å². The minimum absolute atomic E-state index is 0.0339. The van der Waals surface area contributed by atoms with Gasteiger partial charge in [-0.15, -0.1) is 0 Å². The van der Waals surface area contributed by atoms with E-state index in [-0.39, 0.29) is 23.4 Å². The van der Waals surface area contributed by atoms with Crippen molar-refractivity contribution in [3.63, 3.8) is 0 Å². The van der Waals surface area contributed by atoms with E-state index >= 15 is 0 Å². The summed E-state index contributed by atoms with van der Waals surface area (Å²) < 4.78 is 34.1. The zero-order chi connectivity index (χ0) is 29.2. The molecule has 1 fully saturated rings. The van der Waals surface area contributed by atoms with Crippen LogP contribution in [-0.4, -0.2) is 50.9 Å². The van der Waals surface area contributed by atoms with E-state index < -0.39 is 28.5 Å². The SMILES string of the molecule is CC[C@@H](C(=O)NC1CCCCC1)N(Cc1ccccc1)C(=O)CN(c1ccccc1)S(=O)(=O)c1ccc(OC)cc1. The summed E-state index contributed by atoms with van der Waals surface area (Å²) in [5.41, 5.74) is 1.21. The van der Waals surface area contributed by atoms with Gasteiger partial charge in [0.2, 0.25) is 11.8 Å². The van der Waals surface area contributed by atoms with Gasteiger partial charge in [-0.25, -0.2) is 8.42 Å². The molecule has 3 aromatic rings. The van der Waals surface area contributed by atoms with Gasteiger partial charge in [-0.3, -0.25) is 13.9 Å². The van der Waals surface area contributed by atoms with Crippen LogP contribution in [0.3, 0.4) is 0 Å². The lowest BCUT2D eigenvalue weighted by atomic mass is 9.95. The molecule has 1 atom stereocenters. The van der Waals surface area contributed by atoms with Crippen molar-refractivity contribution < 1.29 is 22.7 Å². The van der Waals surface area contributed by atoms with Crippen LogP contribution in [0.2, 0.25) is 0 Å². The Morgan fingerprint density at radius 2 is 1.51 bits per heavy atom. The Hall–Kier alpha value is -3.85. The lowest BCUT2D eigenvalue weighted by Crippen LogP contribution is -2.54. The van der Waals surface area contributed by atoms with Crippen LogP contribution in [0.25, 0.3) is 0 Å². The minimum atomic E-state index is -4.13. The number of ether oxygens (including phenoxy) is 1. The number of nitrogens with one attached hydrogen (secondary N) is 1. The van der Waals surface area contributed by atoms with Gasteiger partial charge in [0, 0.05) is 12.6 Å². The van der Waals surface area contributed by atoms with Gasteiger partial charge in [0.05, 0.1) is 17.7 Å². The monoisotopic (exact) mass is 577 g/mol. The molecule has 9 heteroatoms. The van der Waals surface area contributed by atoms with E-state index in [9.17, 15) is 18.0 Å². The van der Waals surface area contributed by atoms with E-state index in [2.05, 4.69) is 5.32 Å². The van der Waals surface area contributed by atoms with Gasteiger partial charge in [0.15, 0.2) is 0 Å². The number of para-hydroxylation sites is 1. The molecule has 0 heterocycles. The average molecular weight is 578 g/mol. The number of nitrogens with zero attached hydrogens (tertiary/aromatic N) is 2. The number of rotatable bonds is 12. The van der Waals surface area contributed by atoms with Crippen molar-refractivity contribution in [2.24, 2.45) is 0 Å². The number of hydrogen-bond donors (Lipinski definition) is 1. The first kappa shape index (κ1) is 30.1. The third-order valence-electron chi connectivity index (χ3n) is 7.50. The summed E-state index contributed by atoms with van der Waals surface area (Å²) in [6.45, 7) is 1.60. The molecule has 0 spiro atoms. The van der Waals surface area contributed by atoms with Crippen molar-refractivity contribution in [3.8, 4) is 5.75 Å². The maximum absolute atomic E-state index is 14.1. The lowest BCUT2D eigenvalue weighted by molar-refractivity contribution is -0.140. The van der Waals surface area contributed by atoms with E-state index in [1.807, 2.05) is 37.3 Å². The number of amides is 2. The molecule has 1 aliphatic rings. The van der Waals surface area contributed by atoms with Gasteiger partial charge in [-0.2, -0.15) is 0 Å². The standard InChI is InChI=1S/C32H39N3O5S/c1-3-30(32(37)33-26-15-9-5-10-16-26)34(23-25-13-7-4-8-14-25)31(36)24-35(27-17-11-6-12-18-27)41(38,39)29-21-19-28(40-2)20-22-29/h4,6-8,11-14,17-22,26,30H,3,5,9-10,15-16,23-24H2,1-2H3,(H,33,37)/t30-/m0/s1. The molecule has 1 N–H and O–H groups in total. The summed E-state index contributed by atoms with van der Waals surface area (Å²) in [5.74, 6) is -0.136. The van der Waals surface area contributed by atoms with Crippen molar-refractivity contribution in [3.05, 3.63) is 90.5 Å². The Kier molecular flexibility index (Phi) is 10.4. The fourth-order valence-electron chi connectivity index (χ4n) is 5.24. The van der Waals surface area contributed by atoms with Crippen LogP contribution in [-0.2, 0) is 26.2 Å². The van der Waals surface area contributed by atoms with E-state index in [1.54, 1.807) is 42.5 Å². The van der Waals surface area contributed by atoms with Crippen molar-refractivity contribution in [2.45, 2.75) is 69.0 Å². The highest BCUT2D eigenvalue weighted by molar-refractivity contribution is 7.92. The zero-order valence-electron chi connectivity index (χ0n) is 23.7. The lowest BCUT2D eigenvalue weighted by Gasteiger charge is -2.34. The summed E-state index contributed by atoms with van der Waals surface area (Å²) in [4.78, 5) is 29.2. The normalized spacial score (nSPS) is 14.6. The number of carbonyl (C=O) groups excluding carboxylic acids is 2. The molecule has 0 aromatic heterocycles. The zero-order valence-corrected chi connectivity index (χ0v) is 24.6. The summed E-state index contributed by atoms with van der Waals surface area (Å²) in [7, 11) is -2.62. The first-order valence-corrected chi connectivity index (χ1v) is 15.6. The van der Waals surface area contributed by atoms with E-state index in [4.69, 9.17) is 4.74 Å². The second kappa shape index (κ2) is 14.2. The van der Waals surface area contributed by atoms with Gasteiger partial charge in [-0.1, -0.05) is 74.7 Å². The molecule has 4 rings (SSSR count). The first-order chi connectivity index (χ1) is 19.8. The van der Waals surface area contributed by atoms with Crippen LogP contribution in [0, 0.1) is 0 Å². The number of sulfonamides is 1. The van der Waals surface area contributed by atoms with Crippen LogP contribution in [0.1, 0.15) is 51.0 Å². The molecule has 0 radical (unpaired) electrons. The summed E-state index contributed by atoms with van der Waals surface area (Å²) in [6, 6.07) is 23.4. The smallest absolute Gasteiger partial charge is 0.264 e. The highest BCUT2D eigenvalue weighted by Crippen LogP contribution is 2.26. The Morgan fingerprint density at radius 3 is 2.10 bits per heavy atom. The van der Waals surface area contributed by atoms with E-state index in [1.165, 1.54) is 30.6 Å². The molecule has 2 amide bonds. The topological polar surface area (TPSA) is 96.0 Å². The van der Waals surface area contributed by atoms with Crippen molar-refractivity contribution in [1.82, 2.24) is 10.2 Å². The first-order valence-electron chi connectivity index (χ1n) is 14.2. The quantitative estimate of drug-likeness (QED) is 0.321. The number of methoxy groups -OCH3 is 1. The Balaban J connectivity index is 1.67. The third-order valence-corrected chi connectivity index (χ3v) is 9.29. The summed E-state index contributed by atoms with van der Waals surface area (Å²) in [5, 5.41) is 3.17. The Morgan fingerprint density at radius 1 is 0.902 bits per heavy atom. The molecular weight excluding hydrogens is 538 g/mol. The Labute approximate surface area is 243 Å². The van der Waals surface area contributed by atoms with Crippen LogP contribution in [0.5, 0.6) is 5.75 Å². The Bertz CT molecular complexity index is 1380. The summed E-state index contributed by atoms with van der Waals surface area (Å²) in [6.07, 6.45) is 5.56. The van der Waals surface area contributed by atoms with E-state index in [0.29, 0.717) is 17.9 Å². The van der Waals surface area contributed by atoms with Crippen LogP contribution >= 0.6 is 0 Å². The van der Waals surface area contributed by atoms with Gasteiger partial charge in [0.1, 0.15) is 18.3 Å². The fraction of sp³-hybridized carbons (Fsp3) is 0.375. The third kappa shape index (κ3) is 7.67. The maximum atomic E-state index is 14.1. The molecule has 1 saturated carbocycles. The highest BCUT2D eigenvalue weighted by Gasteiger charge is 2.34. The van der Waals surface area contributed by atoms with Gasteiger partial charge in [-0.05, 0) is 61.2 Å². The number of anilines is 1. The number of benzene rings is 3. The molecule has 0 saturated heterocycles. The molecule has 218 valence electrons. The molecule has 1 aliphatic carbocycles. The van der Waals surface area contributed by atoms with Crippen LogP contribution in [0.15, 0.2) is 89.8 Å². The maximum Gasteiger partial charge on any atom is 0.264 e.